The van der Waals surface area contributed by atoms with E-state index in [-0.39, 0.29) is 17.7 Å². The van der Waals surface area contributed by atoms with E-state index in [1.807, 2.05) is 38.1 Å². The van der Waals surface area contributed by atoms with Crippen molar-refractivity contribution in [2.45, 2.75) is 32.7 Å². The molecule has 1 aromatic carbocycles. The molecule has 6 nitrogen and oxygen atoms in total. The second-order valence-electron chi connectivity index (χ2n) is 6.25. The summed E-state index contributed by atoms with van der Waals surface area (Å²) in [6.45, 7) is 4.34. The van der Waals surface area contributed by atoms with Crippen LogP contribution >= 0.6 is 27.3 Å². The Labute approximate surface area is 158 Å². The van der Waals surface area contributed by atoms with Crippen LogP contribution in [-0.2, 0) is 9.59 Å². The zero-order chi connectivity index (χ0) is 18.0. The van der Waals surface area contributed by atoms with Gasteiger partial charge in [-0.05, 0) is 25.0 Å². The Kier molecular flexibility index (Phi) is 5.48. The summed E-state index contributed by atoms with van der Waals surface area (Å²) >= 11 is 4.72. The molecule has 2 aromatic rings. The summed E-state index contributed by atoms with van der Waals surface area (Å²) < 4.78 is 0.991. The summed E-state index contributed by atoms with van der Waals surface area (Å²) in [5.74, 6) is -0.283. The van der Waals surface area contributed by atoms with Crippen LogP contribution in [0.3, 0.4) is 0 Å². The Balaban J connectivity index is 1.69. The van der Waals surface area contributed by atoms with Gasteiger partial charge in [-0.2, -0.15) is 0 Å². The Morgan fingerprint density at radius 2 is 2.00 bits per heavy atom. The number of carbonyl (C=O) groups excluding carboxylic acids is 2. The maximum Gasteiger partial charge on any atom is 0.249 e. The number of carbonyl (C=O) groups is 2. The average Bonchev–Trinajstić information content (AvgIpc) is 3.24. The molecule has 25 heavy (non-hydrogen) atoms. The van der Waals surface area contributed by atoms with Crippen molar-refractivity contribution >= 4 is 44.2 Å². The van der Waals surface area contributed by atoms with E-state index < -0.39 is 6.04 Å². The predicted molar refractivity (Wildman–Crippen MR) is 101 cm³/mol. The van der Waals surface area contributed by atoms with E-state index in [2.05, 4.69) is 31.4 Å². The van der Waals surface area contributed by atoms with Crippen LogP contribution in [-0.4, -0.2) is 39.5 Å². The number of nitrogens with one attached hydrogen (secondary N) is 1. The zero-order valence-corrected chi connectivity index (χ0v) is 16.4. The second kappa shape index (κ2) is 7.61. The van der Waals surface area contributed by atoms with Gasteiger partial charge in [0, 0.05) is 22.5 Å². The molecule has 1 fully saturated rings. The van der Waals surface area contributed by atoms with Gasteiger partial charge in [0.1, 0.15) is 11.0 Å². The van der Waals surface area contributed by atoms with E-state index in [0.717, 1.165) is 21.5 Å². The van der Waals surface area contributed by atoms with Crippen molar-refractivity contribution < 1.29 is 9.59 Å². The molecule has 8 heteroatoms. The van der Waals surface area contributed by atoms with Gasteiger partial charge in [-0.15, -0.1) is 10.2 Å². The number of likely N-dealkylation sites (tertiary alicyclic amines) is 1. The predicted octanol–water partition coefficient (Wildman–Crippen LogP) is 3.55. The van der Waals surface area contributed by atoms with Crippen LogP contribution in [0.2, 0.25) is 0 Å². The summed E-state index contributed by atoms with van der Waals surface area (Å²) in [6, 6.07) is 7.33. The van der Waals surface area contributed by atoms with E-state index in [1.54, 1.807) is 4.90 Å². The number of benzene rings is 1. The van der Waals surface area contributed by atoms with Gasteiger partial charge in [0.25, 0.3) is 0 Å². The maximum absolute atomic E-state index is 12.6. The zero-order valence-electron chi connectivity index (χ0n) is 14.0. The Bertz CT molecular complexity index is 775. The molecule has 132 valence electrons. The summed E-state index contributed by atoms with van der Waals surface area (Å²) in [6.07, 6.45) is 1.53. The van der Waals surface area contributed by atoms with Gasteiger partial charge in [-0.3, -0.25) is 14.9 Å². The number of anilines is 1. The normalized spacial score (nSPS) is 17.1. The van der Waals surface area contributed by atoms with Crippen molar-refractivity contribution in [3.8, 4) is 10.6 Å². The van der Waals surface area contributed by atoms with Crippen LogP contribution in [0.15, 0.2) is 28.7 Å². The van der Waals surface area contributed by atoms with E-state index in [0.29, 0.717) is 18.1 Å². The molecule has 0 saturated carbocycles. The summed E-state index contributed by atoms with van der Waals surface area (Å²) in [4.78, 5) is 26.5. The van der Waals surface area contributed by atoms with E-state index in [9.17, 15) is 9.59 Å². The molecule has 1 aliphatic heterocycles. The van der Waals surface area contributed by atoms with Crippen molar-refractivity contribution in [1.29, 1.82) is 0 Å². The highest BCUT2D eigenvalue weighted by atomic mass is 79.9. The monoisotopic (exact) mass is 422 g/mol. The minimum atomic E-state index is -0.421. The Morgan fingerprint density at radius 1 is 1.28 bits per heavy atom. The summed E-state index contributed by atoms with van der Waals surface area (Å²) in [5, 5.41) is 12.2. The van der Waals surface area contributed by atoms with Gasteiger partial charge in [0.15, 0.2) is 0 Å². The van der Waals surface area contributed by atoms with Gasteiger partial charge in [-0.1, -0.05) is 53.2 Å². The van der Waals surface area contributed by atoms with Gasteiger partial charge >= 0.3 is 0 Å². The highest BCUT2D eigenvalue weighted by Crippen LogP contribution is 2.28. The largest absolute Gasteiger partial charge is 0.330 e. The molecule has 1 aromatic heterocycles. The lowest BCUT2D eigenvalue weighted by molar-refractivity contribution is -0.139. The number of aromatic nitrogens is 2. The van der Waals surface area contributed by atoms with Crippen LogP contribution in [0.5, 0.6) is 0 Å². The molecule has 0 bridgehead atoms. The smallest absolute Gasteiger partial charge is 0.249 e. The topological polar surface area (TPSA) is 75.2 Å². The number of halogens is 1. The lowest BCUT2D eigenvalue weighted by Crippen LogP contribution is -2.44. The summed E-state index contributed by atoms with van der Waals surface area (Å²) in [7, 11) is 0. The minimum absolute atomic E-state index is 0.0189. The van der Waals surface area contributed by atoms with Crippen LogP contribution in [0, 0.1) is 5.92 Å². The molecule has 0 aliphatic carbocycles. The van der Waals surface area contributed by atoms with E-state index in [1.165, 1.54) is 11.3 Å². The van der Waals surface area contributed by atoms with Gasteiger partial charge in [0.05, 0.1) is 0 Å². The molecule has 1 N–H and O–H groups in total. The molecule has 0 radical (unpaired) electrons. The fraction of sp³-hybridized carbons (Fsp3) is 0.412. The maximum atomic E-state index is 12.6. The molecule has 2 amide bonds. The number of amides is 2. The highest BCUT2D eigenvalue weighted by Gasteiger charge is 2.35. The van der Waals surface area contributed by atoms with Crippen LogP contribution in [0.4, 0.5) is 5.13 Å². The first-order valence-electron chi connectivity index (χ1n) is 8.16. The standard InChI is InChI=1S/C17H19BrN4O2S/c1-10(2)16(24)22-9-3-4-13(22)14(23)19-17-21-20-15(25-17)11-5-7-12(18)8-6-11/h5-8,10,13H,3-4,9H2,1-2H3,(H,19,21,23). The second-order valence-corrected chi connectivity index (χ2v) is 8.15. The third kappa shape index (κ3) is 4.07. The Hall–Kier alpha value is -1.80. The molecule has 1 aliphatic rings. The van der Waals surface area contributed by atoms with Crippen LogP contribution < -0.4 is 5.32 Å². The van der Waals surface area contributed by atoms with Gasteiger partial charge < -0.3 is 4.90 Å². The number of hydrogen-bond donors (Lipinski definition) is 1. The molecule has 0 spiro atoms. The number of hydrogen-bond acceptors (Lipinski definition) is 5. The fourth-order valence-corrected chi connectivity index (χ4v) is 3.82. The Morgan fingerprint density at radius 3 is 2.68 bits per heavy atom. The van der Waals surface area contributed by atoms with Crippen molar-refractivity contribution in [2.75, 3.05) is 11.9 Å². The molecule has 3 rings (SSSR count). The SMILES string of the molecule is CC(C)C(=O)N1CCCC1C(=O)Nc1nnc(-c2ccc(Br)cc2)s1. The first kappa shape index (κ1) is 18.0. The van der Waals surface area contributed by atoms with Crippen molar-refractivity contribution in [3.63, 3.8) is 0 Å². The first-order valence-corrected chi connectivity index (χ1v) is 9.77. The molecule has 2 heterocycles. The van der Waals surface area contributed by atoms with Crippen molar-refractivity contribution in [2.24, 2.45) is 5.92 Å². The number of nitrogens with zero attached hydrogens (tertiary/aromatic N) is 3. The third-order valence-electron chi connectivity index (χ3n) is 4.08. The van der Waals surface area contributed by atoms with Crippen LogP contribution in [0.1, 0.15) is 26.7 Å². The van der Waals surface area contributed by atoms with E-state index in [4.69, 9.17) is 0 Å². The lowest BCUT2D eigenvalue weighted by Gasteiger charge is -2.25. The van der Waals surface area contributed by atoms with E-state index >= 15 is 0 Å². The highest BCUT2D eigenvalue weighted by molar-refractivity contribution is 9.10. The van der Waals surface area contributed by atoms with Crippen molar-refractivity contribution in [1.82, 2.24) is 15.1 Å². The quantitative estimate of drug-likeness (QED) is 0.816. The van der Waals surface area contributed by atoms with Gasteiger partial charge in [-0.25, -0.2) is 0 Å². The average molecular weight is 423 g/mol. The fourth-order valence-electron chi connectivity index (χ4n) is 2.81. The summed E-state index contributed by atoms with van der Waals surface area (Å²) in [5.41, 5.74) is 0.943. The van der Waals surface area contributed by atoms with Gasteiger partial charge in [0.2, 0.25) is 16.9 Å². The molecule has 1 saturated heterocycles. The lowest BCUT2D eigenvalue weighted by atomic mass is 10.1. The van der Waals surface area contributed by atoms with Crippen LogP contribution in [0.25, 0.3) is 10.6 Å². The number of rotatable bonds is 4. The minimum Gasteiger partial charge on any atom is -0.330 e. The molecular weight excluding hydrogens is 404 g/mol. The first-order chi connectivity index (χ1) is 12.0. The molecular formula is C17H19BrN4O2S. The van der Waals surface area contributed by atoms with Crippen molar-refractivity contribution in [3.05, 3.63) is 28.7 Å². The molecule has 1 unspecified atom stereocenters. The molecule has 1 atom stereocenters. The third-order valence-corrected chi connectivity index (χ3v) is 5.50.